The van der Waals surface area contributed by atoms with E-state index < -0.39 is 20.2 Å². The van der Waals surface area contributed by atoms with Gasteiger partial charge < -0.3 is 4.74 Å². The van der Waals surface area contributed by atoms with Crippen LogP contribution in [0, 0.1) is 0 Å². The summed E-state index contributed by atoms with van der Waals surface area (Å²) in [7, 11) is -8.64. The molecule has 148 valence electrons. The molecule has 4 aromatic carbocycles. The summed E-state index contributed by atoms with van der Waals surface area (Å²) in [4.78, 5) is -0.435. The highest BCUT2D eigenvalue weighted by atomic mass is 32.2. The molecule has 0 saturated heterocycles. The van der Waals surface area contributed by atoms with Crippen molar-refractivity contribution in [1.82, 2.24) is 0 Å². The van der Waals surface area contributed by atoms with Crippen molar-refractivity contribution < 1.29 is 30.7 Å². The predicted molar refractivity (Wildman–Crippen MR) is 108 cm³/mol. The van der Waals surface area contributed by atoms with Gasteiger partial charge in [-0.2, -0.15) is 16.8 Å². The minimum absolute atomic E-state index is 0.218. The Kier molecular flexibility index (Phi) is 4.55. The molecule has 7 nitrogen and oxygen atoms in total. The molecular formula is C20H14O7S2. The van der Waals surface area contributed by atoms with E-state index in [-0.39, 0.29) is 9.79 Å². The Balaban J connectivity index is 1.82. The van der Waals surface area contributed by atoms with Gasteiger partial charge in [-0.15, -0.1) is 0 Å². The molecule has 0 fully saturated rings. The molecule has 0 amide bonds. The Morgan fingerprint density at radius 3 is 1.38 bits per heavy atom. The van der Waals surface area contributed by atoms with Crippen LogP contribution < -0.4 is 4.74 Å². The van der Waals surface area contributed by atoms with Crippen molar-refractivity contribution in [3.63, 3.8) is 0 Å². The maximum atomic E-state index is 11.4. The number of hydrogen-bond acceptors (Lipinski definition) is 5. The molecule has 9 heteroatoms. The standard InChI is InChI=1S/C20H14O7S2/c21-28(22,23)15-7-9-17-13(11-15)3-1-5-19(17)27-20-6-2-4-14-12-16(29(24,25)26)8-10-18(14)20/h1-12H,(H,21,22,23)(H,24,25,26). The van der Waals surface area contributed by atoms with Crippen LogP contribution in [0.1, 0.15) is 0 Å². The zero-order valence-electron chi connectivity index (χ0n) is 14.7. The van der Waals surface area contributed by atoms with Crippen molar-refractivity contribution in [2.24, 2.45) is 0 Å². The lowest BCUT2D eigenvalue weighted by molar-refractivity contribution is 0.481. The van der Waals surface area contributed by atoms with Crippen LogP contribution in [-0.2, 0) is 20.2 Å². The Morgan fingerprint density at radius 1 is 0.586 bits per heavy atom. The van der Waals surface area contributed by atoms with Gasteiger partial charge in [0.1, 0.15) is 11.5 Å². The van der Waals surface area contributed by atoms with E-state index in [1.54, 1.807) is 36.4 Å². The molecule has 0 heterocycles. The second-order valence-corrected chi connectivity index (χ2v) is 9.17. The lowest BCUT2D eigenvalue weighted by Crippen LogP contribution is -1.98. The van der Waals surface area contributed by atoms with Crippen LogP contribution in [-0.4, -0.2) is 25.9 Å². The molecule has 0 spiro atoms. The van der Waals surface area contributed by atoms with Gasteiger partial charge in [0.2, 0.25) is 0 Å². The van der Waals surface area contributed by atoms with Crippen molar-refractivity contribution >= 4 is 41.8 Å². The van der Waals surface area contributed by atoms with Crippen LogP contribution in [0.4, 0.5) is 0 Å². The SMILES string of the molecule is O=S(=O)(O)c1ccc2c(Oc3cccc4cc(S(=O)(=O)O)ccc34)cccc2c1. The molecule has 0 atom stereocenters. The van der Waals surface area contributed by atoms with Gasteiger partial charge in [-0.1, -0.05) is 24.3 Å². The lowest BCUT2D eigenvalue weighted by Gasteiger charge is -2.12. The maximum absolute atomic E-state index is 11.4. The Hall–Kier alpha value is -2.98. The largest absolute Gasteiger partial charge is 0.456 e. The topological polar surface area (TPSA) is 118 Å². The molecule has 29 heavy (non-hydrogen) atoms. The van der Waals surface area contributed by atoms with Crippen molar-refractivity contribution in [1.29, 1.82) is 0 Å². The van der Waals surface area contributed by atoms with E-state index in [1.165, 1.54) is 36.4 Å². The first-order valence-corrected chi connectivity index (χ1v) is 11.2. The monoisotopic (exact) mass is 430 g/mol. The number of hydrogen-bond donors (Lipinski definition) is 2. The fourth-order valence-corrected chi connectivity index (χ4v) is 4.11. The molecule has 0 aromatic heterocycles. The highest BCUT2D eigenvalue weighted by Crippen LogP contribution is 2.35. The van der Waals surface area contributed by atoms with Crippen LogP contribution >= 0.6 is 0 Å². The number of benzene rings is 4. The molecule has 0 aliphatic rings. The normalized spacial score (nSPS) is 12.3. The fourth-order valence-electron chi connectivity index (χ4n) is 3.08. The van der Waals surface area contributed by atoms with Gasteiger partial charge in [0, 0.05) is 10.8 Å². The average Bonchev–Trinajstić information content (AvgIpc) is 2.66. The number of rotatable bonds is 4. The molecule has 4 rings (SSSR count). The van der Waals surface area contributed by atoms with E-state index in [1.807, 2.05) is 0 Å². The van der Waals surface area contributed by atoms with Gasteiger partial charge in [0.15, 0.2) is 0 Å². The molecule has 0 aliphatic carbocycles. The number of ether oxygens (including phenoxy) is 1. The van der Waals surface area contributed by atoms with Gasteiger partial charge in [-0.05, 0) is 59.3 Å². The Bertz CT molecular complexity index is 1360. The van der Waals surface area contributed by atoms with Crippen molar-refractivity contribution in [3.05, 3.63) is 72.8 Å². The van der Waals surface area contributed by atoms with Gasteiger partial charge in [-0.25, -0.2) is 0 Å². The summed E-state index contributed by atoms with van der Waals surface area (Å²) in [5.74, 6) is 0.909. The molecule has 2 N–H and O–H groups in total. The lowest BCUT2D eigenvalue weighted by atomic mass is 10.1. The fraction of sp³-hybridized carbons (Fsp3) is 0. The Morgan fingerprint density at radius 2 is 1.00 bits per heavy atom. The van der Waals surface area contributed by atoms with Crippen molar-refractivity contribution in [2.75, 3.05) is 0 Å². The third-order valence-corrected chi connectivity index (χ3v) is 6.14. The van der Waals surface area contributed by atoms with Gasteiger partial charge >= 0.3 is 0 Å². The highest BCUT2D eigenvalue weighted by molar-refractivity contribution is 7.86. The molecule has 0 saturated carbocycles. The summed E-state index contributed by atoms with van der Waals surface area (Å²) in [5, 5.41) is 2.39. The summed E-state index contributed by atoms with van der Waals surface area (Å²) >= 11 is 0. The van der Waals surface area contributed by atoms with Crippen LogP contribution in [0.3, 0.4) is 0 Å². The third-order valence-electron chi connectivity index (χ3n) is 4.44. The van der Waals surface area contributed by atoms with Crippen LogP contribution in [0.2, 0.25) is 0 Å². The summed E-state index contributed by atoms with van der Waals surface area (Å²) < 4.78 is 69.9. The van der Waals surface area contributed by atoms with Crippen LogP contribution in [0.15, 0.2) is 82.6 Å². The minimum Gasteiger partial charge on any atom is -0.456 e. The summed E-state index contributed by atoms with van der Waals surface area (Å²) in [6.07, 6.45) is 0. The average molecular weight is 430 g/mol. The van der Waals surface area contributed by atoms with E-state index in [2.05, 4.69) is 0 Å². The van der Waals surface area contributed by atoms with Crippen molar-refractivity contribution in [3.8, 4) is 11.5 Å². The van der Waals surface area contributed by atoms with Crippen molar-refractivity contribution in [2.45, 2.75) is 9.79 Å². The van der Waals surface area contributed by atoms with E-state index >= 15 is 0 Å². The van der Waals surface area contributed by atoms with Gasteiger partial charge in [0.25, 0.3) is 20.2 Å². The van der Waals surface area contributed by atoms with Crippen LogP contribution in [0.25, 0.3) is 21.5 Å². The van der Waals surface area contributed by atoms with Gasteiger partial charge in [-0.3, -0.25) is 9.11 Å². The zero-order chi connectivity index (χ0) is 20.8. The highest BCUT2D eigenvalue weighted by Gasteiger charge is 2.14. The smallest absolute Gasteiger partial charge is 0.294 e. The van der Waals surface area contributed by atoms with Gasteiger partial charge in [0.05, 0.1) is 9.79 Å². The molecule has 4 aromatic rings. The molecule has 0 unspecified atom stereocenters. The van der Waals surface area contributed by atoms with E-state index in [0.29, 0.717) is 33.0 Å². The minimum atomic E-state index is -4.32. The summed E-state index contributed by atoms with van der Waals surface area (Å²) in [6, 6.07) is 18.5. The number of fused-ring (bicyclic) bond motifs is 2. The quantitative estimate of drug-likeness (QED) is 0.464. The first kappa shape index (κ1) is 19.3. The first-order chi connectivity index (χ1) is 13.6. The first-order valence-electron chi connectivity index (χ1n) is 8.31. The third kappa shape index (κ3) is 3.81. The second kappa shape index (κ2) is 6.82. The second-order valence-electron chi connectivity index (χ2n) is 6.33. The zero-order valence-corrected chi connectivity index (χ0v) is 16.3. The summed E-state index contributed by atoms with van der Waals surface area (Å²) in [5.41, 5.74) is 0. The molecular weight excluding hydrogens is 416 g/mol. The molecule has 0 radical (unpaired) electrons. The van der Waals surface area contributed by atoms with E-state index in [9.17, 15) is 25.9 Å². The van der Waals surface area contributed by atoms with Crippen LogP contribution in [0.5, 0.6) is 11.5 Å². The Labute approximate surface area is 166 Å². The molecule has 0 bridgehead atoms. The van der Waals surface area contributed by atoms with E-state index in [0.717, 1.165) is 0 Å². The molecule has 0 aliphatic heterocycles. The summed E-state index contributed by atoms with van der Waals surface area (Å²) in [6.45, 7) is 0. The predicted octanol–water partition coefficient (Wildman–Crippen LogP) is 4.28. The van der Waals surface area contributed by atoms with E-state index in [4.69, 9.17) is 4.74 Å². The maximum Gasteiger partial charge on any atom is 0.294 e.